The first kappa shape index (κ1) is 20.1. The molecule has 1 heterocycles. The minimum atomic E-state index is -0.595. The summed E-state index contributed by atoms with van der Waals surface area (Å²) in [5, 5.41) is 5.83. The molecule has 1 aliphatic heterocycles. The lowest BCUT2D eigenvalue weighted by atomic mass is 10.0. The number of nitrogens with zero attached hydrogens (tertiary/aromatic N) is 2. The van der Waals surface area contributed by atoms with E-state index in [0.717, 1.165) is 35.4 Å². The SMILES string of the molecule is C[C@H](NC(=O)CC1CC1)C(=O)N[C@@H]1CN(C)c2ccccc2C(c2ccccc2)=N1. The van der Waals surface area contributed by atoms with E-state index in [9.17, 15) is 9.59 Å². The predicted octanol–water partition coefficient (Wildman–Crippen LogP) is 2.72. The molecule has 2 atom stereocenters. The summed E-state index contributed by atoms with van der Waals surface area (Å²) < 4.78 is 0. The molecule has 6 heteroatoms. The minimum Gasteiger partial charge on any atom is -0.370 e. The molecule has 30 heavy (non-hydrogen) atoms. The quantitative estimate of drug-likeness (QED) is 0.778. The highest BCUT2D eigenvalue weighted by Gasteiger charge is 2.28. The van der Waals surface area contributed by atoms with Gasteiger partial charge >= 0.3 is 0 Å². The van der Waals surface area contributed by atoms with Crippen LogP contribution in [0.25, 0.3) is 0 Å². The summed E-state index contributed by atoms with van der Waals surface area (Å²) in [6.07, 6.45) is 2.31. The van der Waals surface area contributed by atoms with Crippen LogP contribution in [-0.4, -0.2) is 43.3 Å². The van der Waals surface area contributed by atoms with Gasteiger partial charge in [0.2, 0.25) is 11.8 Å². The van der Waals surface area contributed by atoms with Gasteiger partial charge in [-0.05, 0) is 31.7 Å². The van der Waals surface area contributed by atoms with Crippen LogP contribution < -0.4 is 15.5 Å². The van der Waals surface area contributed by atoms with Crippen molar-refractivity contribution in [1.29, 1.82) is 0 Å². The molecular weight excluding hydrogens is 376 g/mol. The van der Waals surface area contributed by atoms with Gasteiger partial charge in [0.25, 0.3) is 0 Å². The summed E-state index contributed by atoms with van der Waals surface area (Å²) in [6, 6.07) is 17.5. The molecule has 0 radical (unpaired) electrons. The van der Waals surface area contributed by atoms with Crippen molar-refractivity contribution in [3.05, 3.63) is 65.7 Å². The second-order valence-electron chi connectivity index (χ2n) is 8.20. The van der Waals surface area contributed by atoms with Gasteiger partial charge in [-0.2, -0.15) is 0 Å². The molecule has 0 spiro atoms. The van der Waals surface area contributed by atoms with Crippen LogP contribution in [-0.2, 0) is 9.59 Å². The van der Waals surface area contributed by atoms with Crippen LogP contribution in [0.15, 0.2) is 59.6 Å². The first-order valence-electron chi connectivity index (χ1n) is 10.5. The summed E-state index contributed by atoms with van der Waals surface area (Å²) in [5.41, 5.74) is 3.97. The van der Waals surface area contributed by atoms with Crippen LogP contribution in [0.1, 0.15) is 37.3 Å². The molecule has 0 unspecified atom stereocenters. The number of fused-ring (bicyclic) bond motifs is 1. The van der Waals surface area contributed by atoms with E-state index in [1.54, 1.807) is 6.92 Å². The number of para-hydroxylation sites is 1. The first-order chi connectivity index (χ1) is 14.5. The fourth-order valence-corrected chi connectivity index (χ4v) is 3.77. The maximum absolute atomic E-state index is 12.8. The Kier molecular flexibility index (Phi) is 5.84. The Balaban J connectivity index is 1.54. The van der Waals surface area contributed by atoms with Gasteiger partial charge < -0.3 is 15.5 Å². The Morgan fingerprint density at radius 3 is 2.53 bits per heavy atom. The average Bonchev–Trinajstić information content (AvgIpc) is 3.56. The predicted molar refractivity (Wildman–Crippen MR) is 119 cm³/mol. The van der Waals surface area contributed by atoms with Gasteiger partial charge in [0.05, 0.1) is 12.3 Å². The number of benzene rings is 2. The van der Waals surface area contributed by atoms with Gasteiger partial charge in [-0.15, -0.1) is 0 Å². The zero-order valence-corrected chi connectivity index (χ0v) is 17.5. The van der Waals surface area contributed by atoms with E-state index in [1.807, 2.05) is 49.5 Å². The normalized spacial score (nSPS) is 19.2. The summed E-state index contributed by atoms with van der Waals surface area (Å²) in [4.78, 5) is 31.9. The molecule has 1 fully saturated rings. The molecule has 4 rings (SSSR count). The minimum absolute atomic E-state index is 0.0565. The Morgan fingerprint density at radius 2 is 1.80 bits per heavy atom. The van der Waals surface area contributed by atoms with E-state index in [1.165, 1.54) is 0 Å². The standard InChI is InChI=1S/C24H28N4O2/c1-16(25-22(29)14-17-12-13-17)24(30)27-21-15-28(2)20-11-7-6-10-19(20)23(26-21)18-8-4-3-5-9-18/h3-11,16-17,21H,12-15H2,1-2H3,(H,25,29)(H,27,30)/t16-,21+/m0/s1. The van der Waals surface area contributed by atoms with Crippen LogP contribution in [0.3, 0.4) is 0 Å². The second-order valence-corrected chi connectivity index (χ2v) is 8.20. The average molecular weight is 405 g/mol. The molecule has 2 aromatic carbocycles. The van der Waals surface area contributed by atoms with Crippen LogP contribution >= 0.6 is 0 Å². The van der Waals surface area contributed by atoms with Gasteiger partial charge in [0.15, 0.2) is 0 Å². The highest BCUT2D eigenvalue weighted by Crippen LogP contribution is 2.32. The molecule has 2 amide bonds. The second kappa shape index (κ2) is 8.69. The highest BCUT2D eigenvalue weighted by molar-refractivity contribution is 6.16. The monoisotopic (exact) mass is 404 g/mol. The van der Waals surface area contributed by atoms with Gasteiger partial charge in [0.1, 0.15) is 12.2 Å². The van der Waals surface area contributed by atoms with Gasteiger partial charge in [-0.25, -0.2) is 0 Å². The third-order valence-electron chi connectivity index (χ3n) is 5.60. The molecule has 2 aliphatic rings. The number of aliphatic imine (C=N–C) groups is 1. The highest BCUT2D eigenvalue weighted by atomic mass is 16.2. The molecule has 6 nitrogen and oxygen atoms in total. The van der Waals surface area contributed by atoms with Crippen LogP contribution in [0.4, 0.5) is 5.69 Å². The number of likely N-dealkylation sites (N-methyl/N-ethyl adjacent to an activating group) is 1. The number of amides is 2. The van der Waals surface area contributed by atoms with Crippen molar-refractivity contribution in [3.63, 3.8) is 0 Å². The number of carbonyl (C=O) groups is 2. The van der Waals surface area contributed by atoms with Crippen LogP contribution in [0.2, 0.25) is 0 Å². The summed E-state index contributed by atoms with van der Waals surface area (Å²) in [6.45, 7) is 2.26. The van der Waals surface area contributed by atoms with E-state index in [-0.39, 0.29) is 11.8 Å². The van der Waals surface area contributed by atoms with E-state index in [0.29, 0.717) is 18.9 Å². The Hall–Kier alpha value is -3.15. The maximum atomic E-state index is 12.8. The molecule has 0 aromatic heterocycles. The largest absolute Gasteiger partial charge is 0.370 e. The molecule has 0 bridgehead atoms. The van der Waals surface area contributed by atoms with Crippen molar-refractivity contribution in [2.24, 2.45) is 10.9 Å². The summed E-state index contributed by atoms with van der Waals surface area (Å²) in [5.74, 6) is 0.214. The molecule has 1 saturated carbocycles. The molecule has 2 aromatic rings. The zero-order valence-electron chi connectivity index (χ0n) is 17.5. The number of carbonyl (C=O) groups excluding carboxylic acids is 2. The number of nitrogens with one attached hydrogen (secondary N) is 2. The summed E-state index contributed by atoms with van der Waals surface area (Å²) >= 11 is 0. The van der Waals surface area contributed by atoms with Crippen molar-refractivity contribution in [1.82, 2.24) is 10.6 Å². The third-order valence-corrected chi connectivity index (χ3v) is 5.60. The van der Waals surface area contributed by atoms with Crippen LogP contribution in [0, 0.1) is 5.92 Å². The smallest absolute Gasteiger partial charge is 0.243 e. The Morgan fingerprint density at radius 1 is 1.10 bits per heavy atom. The molecule has 0 saturated heterocycles. The molecule has 2 N–H and O–H groups in total. The van der Waals surface area contributed by atoms with Gasteiger partial charge in [0, 0.05) is 30.3 Å². The van der Waals surface area contributed by atoms with Crippen molar-refractivity contribution >= 4 is 23.2 Å². The number of rotatable bonds is 6. The van der Waals surface area contributed by atoms with E-state index < -0.39 is 12.2 Å². The third kappa shape index (κ3) is 4.70. The van der Waals surface area contributed by atoms with E-state index >= 15 is 0 Å². The van der Waals surface area contributed by atoms with E-state index in [2.05, 4.69) is 27.7 Å². The lowest BCUT2D eigenvalue weighted by Crippen LogP contribution is -2.50. The zero-order chi connectivity index (χ0) is 21.1. The first-order valence-corrected chi connectivity index (χ1v) is 10.5. The van der Waals surface area contributed by atoms with Crippen molar-refractivity contribution in [2.75, 3.05) is 18.5 Å². The fourth-order valence-electron chi connectivity index (χ4n) is 3.77. The number of hydrogen-bond donors (Lipinski definition) is 2. The Labute approximate surface area is 177 Å². The van der Waals surface area contributed by atoms with Crippen molar-refractivity contribution < 1.29 is 9.59 Å². The number of hydrogen-bond acceptors (Lipinski definition) is 4. The molecular formula is C24H28N4O2. The number of benzodiazepines with no additional fused rings is 1. The topological polar surface area (TPSA) is 73.8 Å². The fraction of sp³-hybridized carbons (Fsp3) is 0.375. The van der Waals surface area contributed by atoms with Crippen molar-refractivity contribution in [3.8, 4) is 0 Å². The van der Waals surface area contributed by atoms with Crippen LogP contribution in [0.5, 0.6) is 0 Å². The van der Waals surface area contributed by atoms with Gasteiger partial charge in [-0.3, -0.25) is 14.6 Å². The lowest BCUT2D eigenvalue weighted by Gasteiger charge is -2.24. The van der Waals surface area contributed by atoms with E-state index in [4.69, 9.17) is 4.99 Å². The Bertz CT molecular complexity index is 953. The molecule has 1 aliphatic carbocycles. The summed E-state index contributed by atoms with van der Waals surface area (Å²) in [7, 11) is 2.00. The lowest BCUT2D eigenvalue weighted by molar-refractivity contribution is -0.129. The number of anilines is 1. The van der Waals surface area contributed by atoms with Crippen molar-refractivity contribution in [2.45, 2.75) is 38.4 Å². The maximum Gasteiger partial charge on any atom is 0.243 e. The molecule has 156 valence electrons. The van der Waals surface area contributed by atoms with Gasteiger partial charge in [-0.1, -0.05) is 48.5 Å².